The van der Waals surface area contributed by atoms with Crippen molar-refractivity contribution < 1.29 is 9.18 Å². The molecule has 0 aromatic carbocycles. The minimum atomic E-state index is -0.276. The van der Waals surface area contributed by atoms with E-state index in [0.717, 1.165) is 31.7 Å². The molecule has 2 fully saturated rings. The van der Waals surface area contributed by atoms with Crippen LogP contribution in [-0.2, 0) is 4.79 Å². The number of aromatic nitrogens is 1. The molecular formula is C13H17FN4O. The van der Waals surface area contributed by atoms with E-state index in [9.17, 15) is 9.18 Å². The molecule has 6 heteroatoms. The first-order valence-corrected chi connectivity index (χ1v) is 6.41. The molecule has 102 valence electrons. The highest BCUT2D eigenvalue weighted by Gasteiger charge is 2.54. The highest BCUT2D eigenvalue weighted by molar-refractivity contribution is 5.79. The highest BCUT2D eigenvalue weighted by atomic mass is 19.1. The summed E-state index contributed by atoms with van der Waals surface area (Å²) in [4.78, 5) is 17.6. The number of hydrazine groups is 1. The number of amides is 1. The minimum absolute atomic E-state index is 0.0510. The summed E-state index contributed by atoms with van der Waals surface area (Å²) in [6.07, 6.45) is 3.03. The van der Waals surface area contributed by atoms with E-state index in [2.05, 4.69) is 15.3 Å². The number of nitrogens with zero attached hydrogens (tertiary/aromatic N) is 2. The van der Waals surface area contributed by atoms with Crippen molar-refractivity contribution in [2.24, 2.45) is 17.2 Å². The number of anilines is 1. The van der Waals surface area contributed by atoms with Crippen LogP contribution in [0.25, 0.3) is 0 Å². The van der Waals surface area contributed by atoms with E-state index in [4.69, 9.17) is 5.84 Å². The van der Waals surface area contributed by atoms with Crippen LogP contribution in [0.3, 0.4) is 0 Å². The van der Waals surface area contributed by atoms with E-state index in [-0.39, 0.29) is 23.1 Å². The number of halogens is 1. The van der Waals surface area contributed by atoms with E-state index in [1.165, 1.54) is 6.20 Å². The third kappa shape index (κ3) is 1.96. The van der Waals surface area contributed by atoms with Crippen LogP contribution in [0.2, 0.25) is 0 Å². The lowest BCUT2D eigenvalue weighted by Gasteiger charge is -2.58. The van der Waals surface area contributed by atoms with Gasteiger partial charge in [-0.1, -0.05) is 0 Å². The van der Waals surface area contributed by atoms with Crippen LogP contribution in [0.5, 0.6) is 0 Å². The molecule has 1 saturated carbocycles. The molecule has 1 aliphatic heterocycles. The fourth-order valence-corrected chi connectivity index (χ4v) is 3.17. The van der Waals surface area contributed by atoms with E-state index in [1.807, 2.05) is 0 Å². The van der Waals surface area contributed by atoms with Gasteiger partial charge in [0.1, 0.15) is 11.6 Å². The number of aryl methyl sites for hydroxylation is 1. The monoisotopic (exact) mass is 264 g/mol. The van der Waals surface area contributed by atoms with Gasteiger partial charge in [0.05, 0.1) is 6.20 Å². The molecule has 2 aliphatic rings. The zero-order valence-corrected chi connectivity index (χ0v) is 10.8. The van der Waals surface area contributed by atoms with Gasteiger partial charge < -0.3 is 4.90 Å². The average Bonchev–Trinajstić information content (AvgIpc) is 2.29. The third-order valence-corrected chi connectivity index (χ3v) is 4.28. The molecule has 19 heavy (non-hydrogen) atoms. The quantitative estimate of drug-likeness (QED) is 0.469. The summed E-state index contributed by atoms with van der Waals surface area (Å²) in [5, 5.41) is 0. The molecule has 0 unspecified atom stereocenters. The number of rotatable bonds is 2. The maximum atomic E-state index is 13.2. The SMILES string of the molecule is Cc1cc(N2CC3(CC(C(=O)NN)C3)C2)ncc1F. The number of carbonyl (C=O) groups is 1. The third-order valence-electron chi connectivity index (χ3n) is 4.28. The second kappa shape index (κ2) is 4.16. The summed E-state index contributed by atoms with van der Waals surface area (Å²) in [6, 6.07) is 1.77. The summed E-state index contributed by atoms with van der Waals surface area (Å²) in [5.41, 5.74) is 3.05. The summed E-state index contributed by atoms with van der Waals surface area (Å²) in [5.74, 6) is 5.65. The van der Waals surface area contributed by atoms with Gasteiger partial charge in [-0.05, 0) is 31.4 Å². The number of pyridine rings is 1. The summed E-state index contributed by atoms with van der Waals surface area (Å²) in [6.45, 7) is 3.51. The second-order valence-corrected chi connectivity index (χ2v) is 5.76. The smallest absolute Gasteiger partial charge is 0.237 e. The lowest BCUT2D eigenvalue weighted by atomic mass is 9.57. The molecule has 1 aliphatic carbocycles. The van der Waals surface area contributed by atoms with Crippen LogP contribution in [0.4, 0.5) is 10.2 Å². The lowest BCUT2D eigenvalue weighted by molar-refractivity contribution is -0.133. The second-order valence-electron chi connectivity index (χ2n) is 5.76. The molecule has 3 rings (SSSR count). The Morgan fingerprint density at radius 2 is 2.26 bits per heavy atom. The van der Waals surface area contributed by atoms with Crippen LogP contribution in [0.15, 0.2) is 12.3 Å². The van der Waals surface area contributed by atoms with E-state index in [1.54, 1.807) is 13.0 Å². The molecule has 0 bridgehead atoms. The molecule has 1 aromatic heterocycles. The summed E-state index contributed by atoms with van der Waals surface area (Å²) in [7, 11) is 0. The van der Waals surface area contributed by atoms with Crippen molar-refractivity contribution in [2.45, 2.75) is 19.8 Å². The van der Waals surface area contributed by atoms with E-state index >= 15 is 0 Å². The Balaban J connectivity index is 1.59. The lowest BCUT2D eigenvalue weighted by Crippen LogP contribution is -2.64. The standard InChI is InChI=1S/C13H17FN4O/c1-8-2-11(16-5-10(8)14)18-6-13(7-18)3-9(4-13)12(19)17-15/h2,5,9H,3-4,6-7,15H2,1H3,(H,17,19). The Labute approximate surface area is 111 Å². The first-order valence-electron chi connectivity index (χ1n) is 6.41. The topological polar surface area (TPSA) is 71.2 Å². The molecule has 1 saturated heterocycles. The Morgan fingerprint density at radius 1 is 1.58 bits per heavy atom. The van der Waals surface area contributed by atoms with Crippen molar-refractivity contribution in [1.29, 1.82) is 0 Å². The van der Waals surface area contributed by atoms with Crippen molar-refractivity contribution in [3.63, 3.8) is 0 Å². The van der Waals surface area contributed by atoms with Gasteiger partial charge in [0.2, 0.25) is 5.91 Å². The maximum absolute atomic E-state index is 13.2. The molecule has 1 aromatic rings. The molecule has 1 amide bonds. The molecule has 2 heterocycles. The molecular weight excluding hydrogens is 247 g/mol. The number of carbonyl (C=O) groups excluding carboxylic acids is 1. The van der Waals surface area contributed by atoms with Crippen molar-refractivity contribution in [3.05, 3.63) is 23.6 Å². The molecule has 1 spiro atoms. The minimum Gasteiger partial charge on any atom is -0.355 e. The largest absolute Gasteiger partial charge is 0.355 e. The summed E-state index contributed by atoms with van der Waals surface area (Å²) >= 11 is 0. The van der Waals surface area contributed by atoms with Crippen LogP contribution in [0.1, 0.15) is 18.4 Å². The van der Waals surface area contributed by atoms with Crippen LogP contribution in [-0.4, -0.2) is 24.0 Å². The van der Waals surface area contributed by atoms with Crippen LogP contribution < -0.4 is 16.2 Å². The number of nitrogens with one attached hydrogen (secondary N) is 1. The van der Waals surface area contributed by atoms with Gasteiger partial charge in [-0.2, -0.15) is 0 Å². The fraction of sp³-hybridized carbons (Fsp3) is 0.538. The maximum Gasteiger partial charge on any atom is 0.237 e. The van der Waals surface area contributed by atoms with Gasteiger partial charge in [0.25, 0.3) is 0 Å². The van der Waals surface area contributed by atoms with Gasteiger partial charge >= 0.3 is 0 Å². The van der Waals surface area contributed by atoms with Crippen LogP contribution in [0, 0.1) is 24.1 Å². The Kier molecular flexibility index (Phi) is 2.70. The van der Waals surface area contributed by atoms with Crippen molar-refractivity contribution >= 4 is 11.7 Å². The average molecular weight is 264 g/mol. The van der Waals surface area contributed by atoms with Gasteiger partial charge in [-0.3, -0.25) is 10.2 Å². The van der Waals surface area contributed by atoms with Gasteiger partial charge in [0.15, 0.2) is 0 Å². The van der Waals surface area contributed by atoms with Crippen LogP contribution >= 0.6 is 0 Å². The van der Waals surface area contributed by atoms with E-state index < -0.39 is 0 Å². The van der Waals surface area contributed by atoms with Crippen molar-refractivity contribution in [3.8, 4) is 0 Å². The van der Waals surface area contributed by atoms with Gasteiger partial charge in [-0.15, -0.1) is 0 Å². The van der Waals surface area contributed by atoms with Crippen molar-refractivity contribution in [1.82, 2.24) is 10.4 Å². The highest BCUT2D eigenvalue weighted by Crippen LogP contribution is 2.52. The predicted molar refractivity (Wildman–Crippen MR) is 68.6 cm³/mol. The van der Waals surface area contributed by atoms with E-state index in [0.29, 0.717) is 5.56 Å². The Hall–Kier alpha value is -1.69. The normalized spacial score (nSPS) is 20.9. The number of hydrogen-bond donors (Lipinski definition) is 2. The zero-order valence-electron chi connectivity index (χ0n) is 10.8. The predicted octanol–water partition coefficient (Wildman–Crippen LogP) is 0.735. The zero-order chi connectivity index (χ0) is 13.6. The fourth-order valence-electron chi connectivity index (χ4n) is 3.17. The van der Waals surface area contributed by atoms with Gasteiger partial charge in [-0.25, -0.2) is 15.2 Å². The number of hydrogen-bond acceptors (Lipinski definition) is 4. The van der Waals surface area contributed by atoms with Crippen molar-refractivity contribution in [2.75, 3.05) is 18.0 Å². The Bertz CT molecular complexity index is 519. The Morgan fingerprint density at radius 3 is 2.84 bits per heavy atom. The molecule has 5 nitrogen and oxygen atoms in total. The molecule has 0 radical (unpaired) electrons. The number of nitrogens with two attached hydrogens (primary N) is 1. The molecule has 0 atom stereocenters. The molecule has 3 N–H and O–H groups in total. The first kappa shape index (κ1) is 12.3. The summed E-state index contributed by atoms with van der Waals surface area (Å²) < 4.78 is 13.2. The first-order chi connectivity index (χ1) is 9.03. The van der Waals surface area contributed by atoms with Gasteiger partial charge in [0, 0.05) is 24.4 Å².